The van der Waals surface area contributed by atoms with Gasteiger partial charge in [0, 0.05) is 51.7 Å². The smallest absolute Gasteiger partial charge is 0.225 e. The molecule has 2 fully saturated rings. The van der Waals surface area contributed by atoms with Gasteiger partial charge in [0.25, 0.3) is 0 Å². The molecule has 2 aliphatic rings. The maximum atomic E-state index is 11.5. The lowest BCUT2D eigenvalue weighted by Gasteiger charge is -2.40. The number of piperazine rings is 1. The molecule has 0 aromatic carbocycles. The lowest BCUT2D eigenvalue weighted by molar-refractivity contribution is -0.125. The third-order valence-electron chi connectivity index (χ3n) is 4.35. The van der Waals surface area contributed by atoms with Crippen LogP contribution in [0.15, 0.2) is 18.5 Å². The van der Waals surface area contributed by atoms with Crippen LogP contribution in [0.1, 0.15) is 12.8 Å². The number of ether oxygens (including phenoxy) is 1. The number of carbonyl (C=O) groups is 1. The molecule has 114 valence electrons. The van der Waals surface area contributed by atoms with E-state index in [0.29, 0.717) is 6.61 Å². The van der Waals surface area contributed by atoms with Crippen LogP contribution in [0.25, 0.3) is 0 Å². The predicted octanol–water partition coefficient (Wildman–Crippen LogP) is 0.594. The summed E-state index contributed by atoms with van der Waals surface area (Å²) < 4.78 is 5.52. The average molecular weight is 290 g/mol. The molecule has 6 nitrogen and oxygen atoms in total. The number of aldehydes is 1. The van der Waals surface area contributed by atoms with Gasteiger partial charge in [-0.2, -0.15) is 0 Å². The summed E-state index contributed by atoms with van der Waals surface area (Å²) in [5.74, 6) is 0.795. The zero-order chi connectivity index (χ0) is 14.5. The summed E-state index contributed by atoms with van der Waals surface area (Å²) in [6.07, 6.45) is 6.58. The molecule has 0 N–H and O–H groups in total. The van der Waals surface area contributed by atoms with Crippen LogP contribution in [0.2, 0.25) is 0 Å². The van der Waals surface area contributed by atoms with Crippen LogP contribution in [0.5, 0.6) is 0 Å². The zero-order valence-electron chi connectivity index (χ0n) is 12.3. The van der Waals surface area contributed by atoms with Crippen molar-refractivity contribution in [3.05, 3.63) is 18.5 Å². The molecule has 3 rings (SSSR count). The maximum Gasteiger partial charge on any atom is 0.225 e. The lowest BCUT2D eigenvalue weighted by Crippen LogP contribution is -2.52. The van der Waals surface area contributed by atoms with Crippen molar-refractivity contribution in [3.63, 3.8) is 0 Å². The Labute approximate surface area is 125 Å². The molecule has 2 saturated heterocycles. The quantitative estimate of drug-likeness (QED) is 0.757. The highest BCUT2D eigenvalue weighted by atomic mass is 16.5. The van der Waals surface area contributed by atoms with Gasteiger partial charge in [0.05, 0.1) is 12.0 Å². The average Bonchev–Trinajstić information content (AvgIpc) is 2.57. The number of anilines is 1. The molecule has 0 amide bonds. The van der Waals surface area contributed by atoms with Crippen molar-refractivity contribution < 1.29 is 9.53 Å². The second kappa shape index (κ2) is 6.49. The highest BCUT2D eigenvalue weighted by molar-refractivity contribution is 5.60. The van der Waals surface area contributed by atoms with Gasteiger partial charge in [-0.05, 0) is 18.9 Å². The minimum atomic E-state index is -0.302. The van der Waals surface area contributed by atoms with Crippen molar-refractivity contribution >= 4 is 12.2 Å². The third kappa shape index (κ3) is 3.39. The first kappa shape index (κ1) is 14.4. The minimum absolute atomic E-state index is 0.302. The summed E-state index contributed by atoms with van der Waals surface area (Å²) in [5, 5.41) is 0. The summed E-state index contributed by atoms with van der Waals surface area (Å²) in [5.41, 5.74) is -0.302. The number of aromatic nitrogens is 2. The summed E-state index contributed by atoms with van der Waals surface area (Å²) >= 11 is 0. The Morgan fingerprint density at radius 1 is 1.24 bits per heavy atom. The molecule has 0 radical (unpaired) electrons. The van der Waals surface area contributed by atoms with Gasteiger partial charge in [-0.25, -0.2) is 9.97 Å². The van der Waals surface area contributed by atoms with E-state index in [1.165, 1.54) is 0 Å². The van der Waals surface area contributed by atoms with Crippen LogP contribution in [-0.2, 0) is 9.53 Å². The van der Waals surface area contributed by atoms with E-state index in [4.69, 9.17) is 4.74 Å². The fraction of sp³-hybridized carbons (Fsp3) is 0.667. The highest BCUT2D eigenvalue weighted by Crippen LogP contribution is 2.28. The van der Waals surface area contributed by atoms with Crippen molar-refractivity contribution in [2.45, 2.75) is 12.8 Å². The van der Waals surface area contributed by atoms with Crippen molar-refractivity contribution in [1.82, 2.24) is 14.9 Å². The molecule has 1 unspecified atom stereocenters. The summed E-state index contributed by atoms with van der Waals surface area (Å²) in [6, 6.07) is 1.83. The van der Waals surface area contributed by atoms with Crippen LogP contribution < -0.4 is 4.90 Å². The van der Waals surface area contributed by atoms with Crippen LogP contribution in [0.3, 0.4) is 0 Å². The highest BCUT2D eigenvalue weighted by Gasteiger charge is 2.35. The molecule has 3 heterocycles. The van der Waals surface area contributed by atoms with Crippen molar-refractivity contribution in [3.8, 4) is 0 Å². The van der Waals surface area contributed by atoms with Gasteiger partial charge in [-0.3, -0.25) is 4.90 Å². The van der Waals surface area contributed by atoms with Gasteiger partial charge in [0.15, 0.2) is 0 Å². The molecule has 2 aliphatic heterocycles. The molecule has 1 aromatic rings. The van der Waals surface area contributed by atoms with E-state index < -0.39 is 0 Å². The summed E-state index contributed by atoms with van der Waals surface area (Å²) in [4.78, 5) is 24.6. The molecule has 1 atom stereocenters. The Morgan fingerprint density at radius 2 is 2.00 bits per heavy atom. The largest absolute Gasteiger partial charge is 0.380 e. The van der Waals surface area contributed by atoms with Crippen LogP contribution in [0.4, 0.5) is 5.95 Å². The van der Waals surface area contributed by atoms with E-state index in [0.717, 1.165) is 64.4 Å². The van der Waals surface area contributed by atoms with Gasteiger partial charge >= 0.3 is 0 Å². The van der Waals surface area contributed by atoms with Crippen molar-refractivity contribution in [1.29, 1.82) is 0 Å². The van der Waals surface area contributed by atoms with Crippen LogP contribution >= 0.6 is 0 Å². The number of rotatable bonds is 4. The number of hydrogen-bond donors (Lipinski definition) is 0. The molecule has 6 heteroatoms. The second-order valence-electron chi connectivity index (χ2n) is 5.95. The second-order valence-corrected chi connectivity index (χ2v) is 5.95. The van der Waals surface area contributed by atoms with Crippen LogP contribution in [-0.4, -0.2) is 67.1 Å². The molecular formula is C15H22N4O2. The van der Waals surface area contributed by atoms with Gasteiger partial charge < -0.3 is 14.4 Å². The molecule has 0 aliphatic carbocycles. The predicted molar refractivity (Wildman–Crippen MR) is 79.2 cm³/mol. The fourth-order valence-electron chi connectivity index (χ4n) is 3.13. The first-order chi connectivity index (χ1) is 10.3. The number of carbonyl (C=O) groups excluding carboxylic acids is 1. The van der Waals surface area contributed by atoms with E-state index in [1.54, 1.807) is 12.4 Å². The minimum Gasteiger partial charge on any atom is -0.380 e. The van der Waals surface area contributed by atoms with E-state index >= 15 is 0 Å². The topological polar surface area (TPSA) is 58.6 Å². The molecule has 21 heavy (non-hydrogen) atoms. The fourth-order valence-corrected chi connectivity index (χ4v) is 3.13. The van der Waals surface area contributed by atoms with Crippen molar-refractivity contribution in [2.24, 2.45) is 5.41 Å². The first-order valence-corrected chi connectivity index (χ1v) is 7.60. The molecular weight excluding hydrogens is 268 g/mol. The van der Waals surface area contributed by atoms with E-state index in [1.807, 2.05) is 6.07 Å². The maximum absolute atomic E-state index is 11.5. The Bertz CT molecular complexity index is 454. The zero-order valence-corrected chi connectivity index (χ0v) is 12.3. The summed E-state index contributed by atoms with van der Waals surface area (Å²) in [7, 11) is 0. The van der Waals surface area contributed by atoms with Gasteiger partial charge in [-0.1, -0.05) is 0 Å². The molecule has 0 saturated carbocycles. The van der Waals surface area contributed by atoms with Gasteiger partial charge in [-0.15, -0.1) is 0 Å². The lowest BCUT2D eigenvalue weighted by atomic mass is 9.83. The van der Waals surface area contributed by atoms with E-state index in [-0.39, 0.29) is 5.41 Å². The summed E-state index contributed by atoms with van der Waals surface area (Å²) in [6.45, 7) is 5.84. The van der Waals surface area contributed by atoms with Gasteiger partial charge in [0.1, 0.15) is 6.29 Å². The SMILES string of the molecule is O=CC1(CN2CCN(c3ncccn3)CC2)CCCOC1. The Kier molecular flexibility index (Phi) is 4.45. The van der Waals surface area contributed by atoms with Crippen LogP contribution in [0, 0.1) is 5.41 Å². The number of hydrogen-bond acceptors (Lipinski definition) is 6. The first-order valence-electron chi connectivity index (χ1n) is 7.60. The Morgan fingerprint density at radius 3 is 2.62 bits per heavy atom. The standard InChI is InChI=1S/C15H22N4O2/c20-12-15(3-1-10-21-13-15)11-18-6-8-19(9-7-18)14-16-4-2-5-17-14/h2,4-5,12H,1,3,6-11,13H2. The van der Waals surface area contributed by atoms with E-state index in [2.05, 4.69) is 19.8 Å². The normalized spacial score (nSPS) is 27.5. The molecule has 0 bridgehead atoms. The molecule has 0 spiro atoms. The number of nitrogens with zero attached hydrogens (tertiary/aromatic N) is 4. The third-order valence-corrected chi connectivity index (χ3v) is 4.35. The van der Waals surface area contributed by atoms with Crippen molar-refractivity contribution in [2.75, 3.05) is 50.8 Å². The Hall–Kier alpha value is -1.53. The monoisotopic (exact) mass is 290 g/mol. The Balaban J connectivity index is 1.55. The van der Waals surface area contributed by atoms with E-state index in [9.17, 15) is 4.79 Å². The van der Waals surface area contributed by atoms with Gasteiger partial charge in [0.2, 0.25) is 5.95 Å². The molecule has 1 aromatic heterocycles.